The fourth-order valence-electron chi connectivity index (χ4n) is 3.77. The molecule has 1 aromatic heterocycles. The highest BCUT2D eigenvalue weighted by atomic mass is 16.7. The number of aliphatic hydroxyl groups is 4. The van der Waals surface area contributed by atoms with E-state index in [0.29, 0.717) is 11.3 Å². The van der Waals surface area contributed by atoms with Crippen molar-refractivity contribution in [3.63, 3.8) is 0 Å². The second-order valence-corrected chi connectivity index (χ2v) is 7.65. The molecule has 11 nitrogen and oxygen atoms in total. The van der Waals surface area contributed by atoms with E-state index in [0.717, 1.165) is 0 Å². The first kappa shape index (κ1) is 23.8. The Kier molecular flexibility index (Phi) is 6.64. The molecule has 11 heteroatoms. The molecule has 34 heavy (non-hydrogen) atoms. The van der Waals surface area contributed by atoms with Gasteiger partial charge in [0, 0.05) is 6.07 Å². The fraction of sp³-hybridized carbons (Fsp3) is 0.348. The molecule has 1 saturated heterocycles. The topological polar surface area (TPSA) is 168 Å². The zero-order chi connectivity index (χ0) is 24.6. The maximum absolute atomic E-state index is 13.2. The van der Waals surface area contributed by atoms with Gasteiger partial charge >= 0.3 is 0 Å². The summed E-state index contributed by atoms with van der Waals surface area (Å²) < 4.78 is 26.9. The van der Waals surface area contributed by atoms with Gasteiger partial charge in [0.25, 0.3) is 0 Å². The summed E-state index contributed by atoms with van der Waals surface area (Å²) in [5.74, 6) is -0.377. The van der Waals surface area contributed by atoms with E-state index in [2.05, 4.69) is 0 Å². The molecule has 0 radical (unpaired) electrons. The maximum atomic E-state index is 13.2. The van der Waals surface area contributed by atoms with E-state index in [1.165, 1.54) is 26.5 Å². The number of phenolic OH excluding ortho intramolecular Hbond substituents is 1. The second-order valence-electron chi connectivity index (χ2n) is 7.65. The summed E-state index contributed by atoms with van der Waals surface area (Å²) in [6.07, 6.45) is -6.43. The summed E-state index contributed by atoms with van der Waals surface area (Å²) in [5, 5.41) is 50.2. The lowest BCUT2D eigenvalue weighted by Crippen LogP contribution is -2.60. The van der Waals surface area contributed by atoms with Crippen LogP contribution in [0.3, 0.4) is 0 Å². The molecular formula is C23H24O11. The largest absolute Gasteiger partial charge is 0.504 e. The number of hydrogen-bond acceptors (Lipinski definition) is 11. The Bertz CT molecular complexity index is 1220. The number of fused-ring (bicyclic) bond motifs is 1. The smallest absolute Gasteiger partial charge is 0.229 e. The van der Waals surface area contributed by atoms with Gasteiger partial charge in [0.15, 0.2) is 11.5 Å². The van der Waals surface area contributed by atoms with Gasteiger partial charge in [0.2, 0.25) is 17.5 Å². The zero-order valence-corrected chi connectivity index (χ0v) is 18.2. The van der Waals surface area contributed by atoms with Crippen LogP contribution in [0.4, 0.5) is 0 Å². The molecule has 3 aromatic rings. The minimum Gasteiger partial charge on any atom is -0.504 e. The molecule has 182 valence electrons. The molecule has 5 atom stereocenters. The van der Waals surface area contributed by atoms with Gasteiger partial charge in [-0.15, -0.1) is 0 Å². The van der Waals surface area contributed by atoms with Crippen LogP contribution >= 0.6 is 0 Å². The van der Waals surface area contributed by atoms with Crippen molar-refractivity contribution in [3.05, 3.63) is 46.8 Å². The molecule has 4 rings (SSSR count). The highest BCUT2D eigenvalue weighted by Crippen LogP contribution is 2.43. The second kappa shape index (κ2) is 9.49. The molecule has 5 N–H and O–H groups in total. The summed E-state index contributed by atoms with van der Waals surface area (Å²) in [6, 6.07) is 7.95. The number of aliphatic hydroxyl groups excluding tert-OH is 4. The minimum atomic E-state index is -1.69. The predicted molar refractivity (Wildman–Crippen MR) is 117 cm³/mol. The first-order valence-corrected chi connectivity index (χ1v) is 10.3. The summed E-state index contributed by atoms with van der Waals surface area (Å²) in [7, 11) is 2.75. The SMILES string of the molecule is COc1ccc(-c2coc3cc(O[C@H]4O[C@@H](CO)[C@H](O)[C@H](O)[C@@H]4O)c(OC)c(O)c3c2=O)cc1. The maximum Gasteiger partial charge on any atom is 0.229 e. The van der Waals surface area contributed by atoms with Gasteiger partial charge in [-0.2, -0.15) is 0 Å². The van der Waals surface area contributed by atoms with Crippen LogP contribution in [-0.2, 0) is 4.74 Å². The van der Waals surface area contributed by atoms with E-state index in [1.54, 1.807) is 24.3 Å². The van der Waals surface area contributed by atoms with Gasteiger partial charge in [-0.1, -0.05) is 12.1 Å². The predicted octanol–water partition coefficient (Wildman–Crippen LogP) is 0.361. The molecular weight excluding hydrogens is 452 g/mol. The minimum absolute atomic E-state index is 0.0415. The van der Waals surface area contributed by atoms with Gasteiger partial charge in [0.1, 0.15) is 47.4 Å². The van der Waals surface area contributed by atoms with E-state index in [1.807, 2.05) is 0 Å². The van der Waals surface area contributed by atoms with E-state index in [4.69, 9.17) is 23.4 Å². The normalized spacial score (nSPS) is 24.7. The number of ether oxygens (including phenoxy) is 4. The van der Waals surface area contributed by atoms with Gasteiger partial charge in [0.05, 0.1) is 26.4 Å². The molecule has 0 aliphatic carbocycles. The Morgan fingerprint density at radius 2 is 1.71 bits per heavy atom. The Labute approximate surface area is 192 Å². The molecule has 1 fully saturated rings. The van der Waals surface area contributed by atoms with E-state index in [-0.39, 0.29) is 28.0 Å². The fourth-order valence-corrected chi connectivity index (χ4v) is 3.77. The summed E-state index contributed by atoms with van der Waals surface area (Å²) >= 11 is 0. The van der Waals surface area contributed by atoms with E-state index >= 15 is 0 Å². The monoisotopic (exact) mass is 476 g/mol. The lowest BCUT2D eigenvalue weighted by atomic mass is 9.99. The van der Waals surface area contributed by atoms with Crippen molar-refractivity contribution in [2.75, 3.05) is 20.8 Å². The standard InChI is InChI=1S/C23H24O11/c1-30-11-5-3-10(4-6-11)12-9-32-13-7-14(22(31-2)19(27)16(13)17(12)25)33-23-21(29)20(28)18(26)15(8-24)34-23/h3-7,9,15,18,20-21,23-24,26-29H,8H2,1-2H3/t15-,18-,20-,21-,23-/m0/s1. The highest BCUT2D eigenvalue weighted by molar-refractivity contribution is 5.91. The van der Waals surface area contributed by atoms with Crippen LogP contribution in [0.1, 0.15) is 0 Å². The first-order chi connectivity index (χ1) is 16.3. The molecule has 1 aliphatic rings. The van der Waals surface area contributed by atoms with E-state index < -0.39 is 48.5 Å². The molecule has 2 heterocycles. The van der Waals surface area contributed by atoms with Crippen LogP contribution in [-0.4, -0.2) is 77.1 Å². The van der Waals surface area contributed by atoms with E-state index in [9.17, 15) is 30.3 Å². The summed E-state index contributed by atoms with van der Waals surface area (Å²) in [5.41, 5.74) is 0.160. The lowest BCUT2D eigenvalue weighted by Gasteiger charge is -2.39. The van der Waals surface area contributed by atoms with Crippen LogP contribution in [0.15, 0.2) is 45.8 Å². The van der Waals surface area contributed by atoms with Crippen LogP contribution in [0.2, 0.25) is 0 Å². The zero-order valence-electron chi connectivity index (χ0n) is 18.2. The Morgan fingerprint density at radius 1 is 1.00 bits per heavy atom. The van der Waals surface area contributed by atoms with Crippen molar-refractivity contribution in [1.82, 2.24) is 0 Å². The third-order valence-corrected chi connectivity index (χ3v) is 5.66. The van der Waals surface area contributed by atoms with Gasteiger partial charge in [-0.25, -0.2) is 0 Å². The van der Waals surface area contributed by atoms with Crippen LogP contribution in [0.5, 0.6) is 23.0 Å². The van der Waals surface area contributed by atoms with Crippen molar-refractivity contribution in [1.29, 1.82) is 0 Å². The summed E-state index contributed by atoms with van der Waals surface area (Å²) in [4.78, 5) is 13.2. The van der Waals surface area contributed by atoms with Gasteiger partial charge < -0.3 is 48.9 Å². The molecule has 2 aromatic carbocycles. The highest BCUT2D eigenvalue weighted by Gasteiger charge is 2.45. The number of aromatic hydroxyl groups is 1. The third kappa shape index (κ3) is 4.04. The first-order valence-electron chi connectivity index (χ1n) is 10.3. The van der Waals surface area contributed by atoms with Gasteiger partial charge in [-0.05, 0) is 17.7 Å². The average molecular weight is 476 g/mol. The quantitative estimate of drug-likeness (QED) is 0.333. The Morgan fingerprint density at radius 3 is 2.32 bits per heavy atom. The molecule has 0 spiro atoms. The van der Waals surface area contributed by atoms with Crippen molar-refractivity contribution in [2.24, 2.45) is 0 Å². The van der Waals surface area contributed by atoms with Crippen molar-refractivity contribution in [2.45, 2.75) is 30.7 Å². The molecule has 0 amide bonds. The molecule has 0 saturated carbocycles. The van der Waals surface area contributed by atoms with Crippen molar-refractivity contribution < 1.29 is 48.9 Å². The Hall–Kier alpha value is -3.35. The van der Waals surface area contributed by atoms with Crippen LogP contribution in [0.25, 0.3) is 22.1 Å². The van der Waals surface area contributed by atoms with Crippen LogP contribution < -0.4 is 19.6 Å². The summed E-state index contributed by atoms with van der Waals surface area (Å²) in [6.45, 7) is -0.645. The third-order valence-electron chi connectivity index (χ3n) is 5.66. The molecule has 0 unspecified atom stereocenters. The van der Waals surface area contributed by atoms with Crippen molar-refractivity contribution >= 4 is 11.0 Å². The Balaban J connectivity index is 1.76. The van der Waals surface area contributed by atoms with Crippen LogP contribution in [0, 0.1) is 0 Å². The molecule has 1 aliphatic heterocycles. The molecule has 0 bridgehead atoms. The number of rotatable bonds is 6. The van der Waals surface area contributed by atoms with Gasteiger partial charge in [-0.3, -0.25) is 4.79 Å². The average Bonchev–Trinajstić information content (AvgIpc) is 2.84. The number of hydrogen-bond donors (Lipinski definition) is 5. The number of methoxy groups -OCH3 is 2. The number of phenols is 1. The lowest BCUT2D eigenvalue weighted by molar-refractivity contribution is -0.277. The van der Waals surface area contributed by atoms with Crippen molar-refractivity contribution in [3.8, 4) is 34.1 Å². The number of benzene rings is 2.